The summed E-state index contributed by atoms with van der Waals surface area (Å²) in [6.45, 7) is 4.83. The average molecular weight is 153 g/mol. The van der Waals surface area contributed by atoms with Gasteiger partial charge in [0.15, 0.2) is 0 Å². The third kappa shape index (κ3) is 1.42. The standard InChI is InChI=1S/C9H17N2/c1-11-6-4-9(8-11)3-2-5-10-7-9/h2-8H2,1H3. The molecule has 2 rings (SSSR count). The van der Waals surface area contributed by atoms with E-state index < -0.39 is 0 Å². The van der Waals surface area contributed by atoms with Crippen LogP contribution in [0.1, 0.15) is 19.3 Å². The molecule has 2 heteroatoms. The van der Waals surface area contributed by atoms with E-state index in [-0.39, 0.29) is 0 Å². The van der Waals surface area contributed by atoms with Crippen LogP contribution in [0, 0.1) is 5.41 Å². The highest BCUT2D eigenvalue weighted by molar-refractivity contribution is 4.92. The van der Waals surface area contributed by atoms with Crippen molar-refractivity contribution >= 4 is 0 Å². The predicted octanol–water partition coefficient (Wildman–Crippen LogP) is 0.706. The van der Waals surface area contributed by atoms with E-state index in [0.29, 0.717) is 5.41 Å². The summed E-state index contributed by atoms with van der Waals surface area (Å²) in [7, 11) is 2.23. The number of piperidine rings is 1. The Hall–Kier alpha value is -0.0800. The van der Waals surface area contributed by atoms with Crippen LogP contribution in [-0.2, 0) is 0 Å². The van der Waals surface area contributed by atoms with Crippen LogP contribution >= 0.6 is 0 Å². The average Bonchev–Trinajstić information content (AvgIpc) is 2.34. The third-order valence-electron chi connectivity index (χ3n) is 3.10. The van der Waals surface area contributed by atoms with Gasteiger partial charge in [-0.1, -0.05) is 0 Å². The molecule has 1 radical (unpaired) electrons. The lowest BCUT2D eigenvalue weighted by Gasteiger charge is -2.32. The predicted molar refractivity (Wildman–Crippen MR) is 45.6 cm³/mol. The minimum absolute atomic E-state index is 0.604. The molecule has 2 heterocycles. The molecule has 1 unspecified atom stereocenters. The summed E-state index contributed by atoms with van der Waals surface area (Å²) in [5.74, 6) is 0. The van der Waals surface area contributed by atoms with E-state index in [9.17, 15) is 0 Å². The van der Waals surface area contributed by atoms with Gasteiger partial charge in [0.1, 0.15) is 0 Å². The van der Waals surface area contributed by atoms with Crippen molar-refractivity contribution in [2.45, 2.75) is 19.3 Å². The summed E-state index contributed by atoms with van der Waals surface area (Å²) < 4.78 is 0. The third-order valence-corrected chi connectivity index (χ3v) is 3.10. The molecule has 0 N–H and O–H groups in total. The van der Waals surface area contributed by atoms with Crippen LogP contribution in [0.4, 0.5) is 0 Å². The number of nitrogens with zero attached hydrogens (tertiary/aromatic N) is 2. The molecule has 63 valence electrons. The molecule has 2 nitrogen and oxygen atoms in total. The van der Waals surface area contributed by atoms with Crippen LogP contribution in [-0.4, -0.2) is 38.1 Å². The number of likely N-dealkylation sites (tertiary alicyclic amines) is 1. The molecule has 0 amide bonds. The van der Waals surface area contributed by atoms with Gasteiger partial charge in [0.2, 0.25) is 0 Å². The minimum atomic E-state index is 0.604. The first-order chi connectivity index (χ1) is 5.31. The molecule has 2 aliphatic heterocycles. The monoisotopic (exact) mass is 153 g/mol. The van der Waals surface area contributed by atoms with Crippen LogP contribution in [0.3, 0.4) is 0 Å². The first-order valence-corrected chi connectivity index (χ1v) is 4.63. The summed E-state index contributed by atoms with van der Waals surface area (Å²) in [6, 6.07) is 0. The summed E-state index contributed by atoms with van der Waals surface area (Å²) in [5.41, 5.74) is 0.604. The Kier molecular flexibility index (Phi) is 1.90. The van der Waals surface area contributed by atoms with Crippen LogP contribution < -0.4 is 5.32 Å². The molecule has 0 aromatic carbocycles. The maximum atomic E-state index is 4.52. The van der Waals surface area contributed by atoms with Gasteiger partial charge in [-0.15, -0.1) is 0 Å². The first kappa shape index (κ1) is 7.56. The molecular formula is C9H17N2. The largest absolute Gasteiger partial charge is 0.306 e. The molecule has 11 heavy (non-hydrogen) atoms. The van der Waals surface area contributed by atoms with Crippen molar-refractivity contribution < 1.29 is 0 Å². The van der Waals surface area contributed by atoms with Crippen LogP contribution in [0.5, 0.6) is 0 Å². The highest BCUT2D eigenvalue weighted by Gasteiger charge is 2.37. The van der Waals surface area contributed by atoms with Crippen LogP contribution in [0.2, 0.25) is 0 Å². The maximum Gasteiger partial charge on any atom is 0.0202 e. The fourth-order valence-electron chi connectivity index (χ4n) is 2.45. The molecule has 0 saturated carbocycles. The Balaban J connectivity index is 1.98. The molecular weight excluding hydrogens is 136 g/mol. The summed E-state index contributed by atoms with van der Waals surface area (Å²) in [4.78, 5) is 2.45. The molecule has 0 bridgehead atoms. The van der Waals surface area contributed by atoms with Gasteiger partial charge >= 0.3 is 0 Å². The van der Waals surface area contributed by atoms with Gasteiger partial charge < -0.3 is 4.90 Å². The Morgan fingerprint density at radius 1 is 1.36 bits per heavy atom. The topological polar surface area (TPSA) is 17.3 Å². The van der Waals surface area contributed by atoms with Gasteiger partial charge in [-0.3, -0.25) is 0 Å². The van der Waals surface area contributed by atoms with Crippen molar-refractivity contribution in [3.05, 3.63) is 0 Å². The summed E-state index contributed by atoms with van der Waals surface area (Å²) in [5, 5.41) is 4.52. The van der Waals surface area contributed by atoms with E-state index in [2.05, 4.69) is 17.3 Å². The molecule has 2 aliphatic rings. The van der Waals surface area contributed by atoms with E-state index >= 15 is 0 Å². The van der Waals surface area contributed by atoms with Gasteiger partial charge in [-0.05, 0) is 38.3 Å². The van der Waals surface area contributed by atoms with Crippen molar-refractivity contribution in [3.8, 4) is 0 Å². The van der Waals surface area contributed by atoms with E-state index in [0.717, 1.165) is 13.1 Å². The maximum absolute atomic E-state index is 4.52. The second-order valence-electron chi connectivity index (χ2n) is 4.20. The van der Waals surface area contributed by atoms with Crippen molar-refractivity contribution in [3.63, 3.8) is 0 Å². The fraction of sp³-hybridized carbons (Fsp3) is 1.00. The van der Waals surface area contributed by atoms with Gasteiger partial charge in [0, 0.05) is 19.6 Å². The molecule has 1 spiro atoms. The normalized spacial score (nSPS) is 40.1. The van der Waals surface area contributed by atoms with E-state index in [4.69, 9.17) is 0 Å². The van der Waals surface area contributed by atoms with Crippen molar-refractivity contribution in [1.82, 2.24) is 10.2 Å². The van der Waals surface area contributed by atoms with Gasteiger partial charge in [0.05, 0.1) is 0 Å². The number of rotatable bonds is 0. The highest BCUT2D eigenvalue weighted by atomic mass is 15.1. The van der Waals surface area contributed by atoms with Gasteiger partial charge in [-0.2, -0.15) is 0 Å². The Labute approximate surface area is 69.0 Å². The van der Waals surface area contributed by atoms with Crippen molar-refractivity contribution in [2.24, 2.45) is 5.41 Å². The highest BCUT2D eigenvalue weighted by Crippen LogP contribution is 2.35. The number of hydrogen-bond donors (Lipinski definition) is 0. The van der Waals surface area contributed by atoms with E-state index in [1.54, 1.807) is 0 Å². The molecule has 0 aromatic rings. The second kappa shape index (κ2) is 2.76. The Bertz CT molecular complexity index is 133. The smallest absolute Gasteiger partial charge is 0.0202 e. The zero-order valence-electron chi connectivity index (χ0n) is 7.34. The van der Waals surface area contributed by atoms with Gasteiger partial charge in [0.25, 0.3) is 0 Å². The number of hydrogen-bond acceptors (Lipinski definition) is 1. The molecule has 1 atom stereocenters. The molecule has 0 aromatic heterocycles. The minimum Gasteiger partial charge on any atom is -0.306 e. The van der Waals surface area contributed by atoms with E-state index in [1.807, 2.05) is 0 Å². The zero-order valence-corrected chi connectivity index (χ0v) is 7.34. The quantitative estimate of drug-likeness (QED) is 0.501. The van der Waals surface area contributed by atoms with Crippen molar-refractivity contribution in [1.29, 1.82) is 0 Å². The summed E-state index contributed by atoms with van der Waals surface area (Å²) in [6.07, 6.45) is 4.13. The fourth-order valence-corrected chi connectivity index (χ4v) is 2.45. The lowest BCUT2D eigenvalue weighted by Crippen LogP contribution is -2.38. The lowest BCUT2D eigenvalue weighted by atomic mass is 9.80. The van der Waals surface area contributed by atoms with E-state index in [1.165, 1.54) is 32.4 Å². The second-order valence-corrected chi connectivity index (χ2v) is 4.20. The Morgan fingerprint density at radius 3 is 2.82 bits per heavy atom. The Morgan fingerprint density at radius 2 is 2.27 bits per heavy atom. The first-order valence-electron chi connectivity index (χ1n) is 4.63. The molecule has 2 fully saturated rings. The van der Waals surface area contributed by atoms with Crippen LogP contribution in [0.15, 0.2) is 0 Å². The molecule has 2 saturated heterocycles. The molecule has 0 aliphatic carbocycles. The van der Waals surface area contributed by atoms with Crippen LogP contribution in [0.25, 0.3) is 0 Å². The SMILES string of the molecule is CN1CCC2(CCC[N]C2)C1. The summed E-state index contributed by atoms with van der Waals surface area (Å²) >= 11 is 0. The van der Waals surface area contributed by atoms with Gasteiger partial charge in [-0.25, -0.2) is 5.32 Å². The van der Waals surface area contributed by atoms with Crippen molar-refractivity contribution in [2.75, 3.05) is 33.2 Å². The lowest BCUT2D eigenvalue weighted by molar-refractivity contribution is 0.210. The zero-order chi connectivity index (χ0) is 7.73.